The lowest BCUT2D eigenvalue weighted by Gasteiger charge is -2.57. The number of carbonyl (C=O) groups excluding carboxylic acids is 1. The SMILES string of the molecule is O=C(NC12CC3CC(CC(C3)C1)C2)C1NCC2CCCC21. The van der Waals surface area contributed by atoms with E-state index in [1.807, 2.05) is 0 Å². The number of carbonyl (C=O) groups is 1. The van der Waals surface area contributed by atoms with E-state index in [0.717, 1.165) is 30.2 Å². The van der Waals surface area contributed by atoms with E-state index in [2.05, 4.69) is 10.6 Å². The molecule has 3 heteroatoms. The summed E-state index contributed by atoms with van der Waals surface area (Å²) in [6.45, 7) is 1.07. The van der Waals surface area contributed by atoms with E-state index in [4.69, 9.17) is 0 Å². The third kappa shape index (κ3) is 1.99. The van der Waals surface area contributed by atoms with Crippen molar-refractivity contribution >= 4 is 5.91 Å². The second kappa shape index (κ2) is 4.47. The van der Waals surface area contributed by atoms with Crippen LogP contribution in [0, 0.1) is 29.6 Å². The largest absolute Gasteiger partial charge is 0.349 e. The van der Waals surface area contributed by atoms with Crippen LogP contribution in [0.4, 0.5) is 0 Å². The molecule has 4 bridgehead atoms. The summed E-state index contributed by atoms with van der Waals surface area (Å²) < 4.78 is 0. The fraction of sp³-hybridized carbons (Fsp3) is 0.944. The predicted octanol–water partition coefficient (Wildman–Crippen LogP) is 2.46. The van der Waals surface area contributed by atoms with Crippen LogP contribution in [0.5, 0.6) is 0 Å². The van der Waals surface area contributed by atoms with E-state index in [9.17, 15) is 4.79 Å². The van der Waals surface area contributed by atoms with E-state index in [1.54, 1.807) is 0 Å². The highest BCUT2D eigenvalue weighted by Gasteiger charge is 2.53. The molecule has 1 heterocycles. The van der Waals surface area contributed by atoms with Crippen LogP contribution in [0.3, 0.4) is 0 Å². The van der Waals surface area contributed by atoms with E-state index in [0.29, 0.717) is 11.8 Å². The van der Waals surface area contributed by atoms with Gasteiger partial charge in [-0.15, -0.1) is 0 Å². The maximum Gasteiger partial charge on any atom is 0.237 e. The normalized spacial score (nSPS) is 53.9. The summed E-state index contributed by atoms with van der Waals surface area (Å²) in [4.78, 5) is 12.9. The van der Waals surface area contributed by atoms with E-state index >= 15 is 0 Å². The van der Waals surface area contributed by atoms with Gasteiger partial charge in [0.05, 0.1) is 6.04 Å². The van der Waals surface area contributed by atoms with Crippen LogP contribution < -0.4 is 10.6 Å². The fourth-order valence-electron chi connectivity index (χ4n) is 7.08. The zero-order valence-electron chi connectivity index (χ0n) is 12.9. The maximum atomic E-state index is 12.9. The summed E-state index contributed by atoms with van der Waals surface area (Å²) in [5, 5.41) is 7.11. The van der Waals surface area contributed by atoms with Gasteiger partial charge in [0.15, 0.2) is 0 Å². The molecule has 0 aromatic rings. The lowest BCUT2D eigenvalue weighted by molar-refractivity contribution is -0.129. The molecule has 3 unspecified atom stereocenters. The monoisotopic (exact) mass is 288 g/mol. The molecule has 1 aliphatic heterocycles. The number of hydrogen-bond acceptors (Lipinski definition) is 2. The first-order valence-corrected chi connectivity index (χ1v) is 9.26. The molecule has 0 spiro atoms. The van der Waals surface area contributed by atoms with Crippen molar-refractivity contribution in [3.63, 3.8) is 0 Å². The van der Waals surface area contributed by atoms with Gasteiger partial charge in [0, 0.05) is 5.54 Å². The third-order valence-corrected chi connectivity index (χ3v) is 7.46. The van der Waals surface area contributed by atoms with Crippen molar-refractivity contribution in [2.75, 3.05) is 6.54 Å². The first kappa shape index (κ1) is 12.9. The van der Waals surface area contributed by atoms with Gasteiger partial charge in [-0.05, 0) is 87.5 Å². The molecule has 6 fully saturated rings. The van der Waals surface area contributed by atoms with E-state index in [1.165, 1.54) is 57.8 Å². The van der Waals surface area contributed by atoms with Gasteiger partial charge < -0.3 is 10.6 Å². The van der Waals surface area contributed by atoms with Gasteiger partial charge in [-0.3, -0.25) is 4.79 Å². The molecule has 5 aliphatic carbocycles. The minimum absolute atomic E-state index is 0.116. The van der Waals surface area contributed by atoms with Crippen LogP contribution in [0.1, 0.15) is 57.8 Å². The first-order valence-electron chi connectivity index (χ1n) is 9.26. The number of fused-ring (bicyclic) bond motifs is 1. The Morgan fingerprint density at radius 2 is 1.67 bits per heavy atom. The van der Waals surface area contributed by atoms with Crippen molar-refractivity contribution in [3.8, 4) is 0 Å². The molecular formula is C18H28N2O. The van der Waals surface area contributed by atoms with Crippen LogP contribution in [0.25, 0.3) is 0 Å². The van der Waals surface area contributed by atoms with Gasteiger partial charge in [0.1, 0.15) is 0 Å². The average molecular weight is 288 g/mol. The summed E-state index contributed by atoms with van der Waals surface area (Å²) in [5.74, 6) is 4.47. The van der Waals surface area contributed by atoms with Gasteiger partial charge >= 0.3 is 0 Å². The Morgan fingerprint density at radius 1 is 1.00 bits per heavy atom. The lowest BCUT2D eigenvalue weighted by atomic mass is 9.53. The molecular weight excluding hydrogens is 260 g/mol. The molecule has 116 valence electrons. The molecule has 1 saturated heterocycles. The van der Waals surface area contributed by atoms with Gasteiger partial charge in [0.2, 0.25) is 5.91 Å². The molecule has 5 saturated carbocycles. The van der Waals surface area contributed by atoms with Crippen molar-refractivity contribution in [1.29, 1.82) is 0 Å². The second-order valence-corrected chi connectivity index (χ2v) is 8.93. The summed E-state index contributed by atoms with van der Waals surface area (Å²) >= 11 is 0. The van der Waals surface area contributed by atoms with Gasteiger partial charge in [-0.25, -0.2) is 0 Å². The Kier molecular flexibility index (Phi) is 2.75. The molecule has 1 amide bonds. The van der Waals surface area contributed by atoms with Gasteiger partial charge in [-0.2, -0.15) is 0 Å². The highest BCUT2D eigenvalue weighted by Crippen LogP contribution is 2.55. The molecule has 0 radical (unpaired) electrons. The summed E-state index contributed by atoms with van der Waals surface area (Å²) in [5.41, 5.74) is 0.185. The van der Waals surface area contributed by atoms with E-state index < -0.39 is 0 Å². The standard InChI is InChI=1S/C18H28N2O/c21-17(16-15-3-1-2-14(15)10-19-16)20-18-7-11-4-12(8-18)6-13(5-11)9-18/h11-16,19H,1-10H2,(H,20,21). The molecule has 6 rings (SSSR count). The number of hydrogen-bond donors (Lipinski definition) is 2. The molecule has 0 aromatic carbocycles. The Hall–Kier alpha value is -0.570. The number of nitrogens with one attached hydrogen (secondary N) is 2. The zero-order chi connectivity index (χ0) is 14.0. The number of amides is 1. The van der Waals surface area contributed by atoms with Crippen molar-refractivity contribution < 1.29 is 4.79 Å². The van der Waals surface area contributed by atoms with Crippen LogP contribution in [0.15, 0.2) is 0 Å². The van der Waals surface area contributed by atoms with Gasteiger partial charge in [0.25, 0.3) is 0 Å². The zero-order valence-corrected chi connectivity index (χ0v) is 12.9. The molecule has 3 atom stereocenters. The molecule has 3 nitrogen and oxygen atoms in total. The minimum atomic E-state index is 0.116. The van der Waals surface area contributed by atoms with Gasteiger partial charge in [-0.1, -0.05) is 6.42 Å². The first-order chi connectivity index (χ1) is 10.2. The van der Waals surface area contributed by atoms with Crippen molar-refractivity contribution in [1.82, 2.24) is 10.6 Å². The van der Waals surface area contributed by atoms with Crippen LogP contribution in [-0.2, 0) is 4.79 Å². The summed E-state index contributed by atoms with van der Waals surface area (Å²) in [6, 6.07) is 0.116. The number of rotatable bonds is 2. The van der Waals surface area contributed by atoms with Crippen LogP contribution in [0.2, 0.25) is 0 Å². The minimum Gasteiger partial charge on any atom is -0.349 e. The maximum absolute atomic E-state index is 12.9. The highest BCUT2D eigenvalue weighted by atomic mass is 16.2. The molecule has 21 heavy (non-hydrogen) atoms. The quantitative estimate of drug-likeness (QED) is 0.819. The highest BCUT2D eigenvalue weighted by molar-refractivity contribution is 5.83. The Bertz CT molecular complexity index is 425. The Labute approximate surface area is 127 Å². The summed E-state index contributed by atoms with van der Waals surface area (Å²) in [7, 11) is 0. The smallest absolute Gasteiger partial charge is 0.237 e. The summed E-state index contributed by atoms with van der Waals surface area (Å²) in [6.07, 6.45) is 12.1. The van der Waals surface area contributed by atoms with Crippen molar-refractivity contribution in [3.05, 3.63) is 0 Å². The predicted molar refractivity (Wildman–Crippen MR) is 81.7 cm³/mol. The Balaban J connectivity index is 1.32. The fourth-order valence-corrected chi connectivity index (χ4v) is 7.08. The van der Waals surface area contributed by atoms with Crippen LogP contribution in [-0.4, -0.2) is 24.0 Å². The van der Waals surface area contributed by atoms with Crippen molar-refractivity contribution in [2.24, 2.45) is 29.6 Å². The topological polar surface area (TPSA) is 41.1 Å². The second-order valence-electron chi connectivity index (χ2n) is 8.93. The van der Waals surface area contributed by atoms with Crippen LogP contribution >= 0.6 is 0 Å². The average Bonchev–Trinajstić information content (AvgIpc) is 2.97. The lowest BCUT2D eigenvalue weighted by Crippen LogP contribution is -2.62. The Morgan fingerprint density at radius 3 is 2.33 bits per heavy atom. The third-order valence-electron chi connectivity index (χ3n) is 7.46. The molecule has 6 aliphatic rings. The molecule has 2 N–H and O–H groups in total. The molecule has 0 aromatic heterocycles. The van der Waals surface area contributed by atoms with E-state index in [-0.39, 0.29) is 11.6 Å². The van der Waals surface area contributed by atoms with Crippen molar-refractivity contribution in [2.45, 2.75) is 69.4 Å².